The van der Waals surface area contributed by atoms with Gasteiger partial charge in [0.2, 0.25) is 0 Å². The van der Waals surface area contributed by atoms with Gasteiger partial charge in [-0.3, -0.25) is 4.98 Å². The van der Waals surface area contributed by atoms with E-state index >= 15 is 0 Å². The Morgan fingerprint density at radius 3 is 1.53 bits per heavy atom. The highest BCUT2D eigenvalue weighted by atomic mass is 14.7. The van der Waals surface area contributed by atoms with Crippen LogP contribution in [0.2, 0.25) is 0 Å². The predicted octanol–water partition coefficient (Wildman–Crippen LogP) is 11.5. The number of hydrogen-bond donors (Lipinski definition) is 0. The van der Waals surface area contributed by atoms with E-state index in [1.54, 1.807) is 0 Å². The minimum atomic E-state index is 0.989. The van der Waals surface area contributed by atoms with E-state index in [0.29, 0.717) is 0 Å². The van der Waals surface area contributed by atoms with E-state index in [0.717, 1.165) is 16.8 Å². The Bertz CT molecular complexity index is 2220. The summed E-state index contributed by atoms with van der Waals surface area (Å²) in [7, 11) is 0. The predicted molar refractivity (Wildman–Crippen MR) is 183 cm³/mol. The average Bonchev–Trinajstić information content (AvgIpc) is 3.07. The summed E-state index contributed by atoms with van der Waals surface area (Å²) in [4.78, 5) is 4.72. The number of hydrogen-bond acceptors (Lipinski definition) is 1. The first-order valence-electron chi connectivity index (χ1n) is 14.8. The maximum absolute atomic E-state index is 4.72. The van der Waals surface area contributed by atoms with E-state index < -0.39 is 0 Å². The van der Waals surface area contributed by atoms with Crippen molar-refractivity contribution < 1.29 is 0 Å². The largest absolute Gasteiger partial charge is 0.256 e. The van der Waals surface area contributed by atoms with Crippen molar-refractivity contribution in [1.29, 1.82) is 0 Å². The van der Waals surface area contributed by atoms with E-state index in [1.165, 1.54) is 65.7 Å². The fraction of sp³-hybridized carbons (Fsp3) is 0.0238. The second kappa shape index (κ2) is 10.4. The fourth-order valence-corrected chi connectivity index (χ4v) is 6.60. The third-order valence-electron chi connectivity index (χ3n) is 8.57. The Labute approximate surface area is 251 Å². The van der Waals surface area contributed by atoms with E-state index in [2.05, 4.69) is 159 Å². The SMILES string of the molecule is Cc1ccc(-c2cccc(-c3c4ccccc4c(-c4cccc5c(-c6ccccc6)cccc45)c4ccccc34)c2)nc1. The van der Waals surface area contributed by atoms with Crippen LogP contribution < -0.4 is 0 Å². The summed E-state index contributed by atoms with van der Waals surface area (Å²) in [5, 5.41) is 7.55. The molecule has 0 bridgehead atoms. The molecule has 0 N–H and O–H groups in total. The average molecular weight is 548 g/mol. The third-order valence-corrected chi connectivity index (χ3v) is 8.57. The Morgan fingerprint density at radius 2 is 0.884 bits per heavy atom. The third kappa shape index (κ3) is 4.29. The van der Waals surface area contributed by atoms with Gasteiger partial charge in [0.15, 0.2) is 0 Å². The second-order valence-electron chi connectivity index (χ2n) is 11.2. The maximum atomic E-state index is 4.72. The molecule has 1 heteroatoms. The molecular formula is C42H29N. The number of nitrogens with zero attached hydrogens (tertiary/aromatic N) is 1. The summed E-state index contributed by atoms with van der Waals surface area (Å²) < 4.78 is 0. The first kappa shape index (κ1) is 25.2. The van der Waals surface area contributed by atoms with Crippen LogP contribution in [0.4, 0.5) is 0 Å². The zero-order chi connectivity index (χ0) is 28.8. The second-order valence-corrected chi connectivity index (χ2v) is 11.2. The van der Waals surface area contributed by atoms with Gasteiger partial charge in [0.05, 0.1) is 5.69 Å². The number of aromatic nitrogens is 1. The van der Waals surface area contributed by atoms with Crippen molar-refractivity contribution in [3.8, 4) is 44.6 Å². The van der Waals surface area contributed by atoms with Gasteiger partial charge in [0.25, 0.3) is 0 Å². The minimum absolute atomic E-state index is 0.989. The number of fused-ring (bicyclic) bond motifs is 3. The van der Waals surface area contributed by atoms with E-state index in [-0.39, 0.29) is 0 Å². The van der Waals surface area contributed by atoms with Gasteiger partial charge in [-0.15, -0.1) is 0 Å². The summed E-state index contributed by atoms with van der Waals surface area (Å²) in [6, 6.07) is 55.0. The lowest BCUT2D eigenvalue weighted by molar-refractivity contribution is 1.27. The molecule has 0 amide bonds. The quantitative estimate of drug-likeness (QED) is 0.200. The molecule has 8 aromatic rings. The van der Waals surface area contributed by atoms with Crippen molar-refractivity contribution in [3.05, 3.63) is 163 Å². The van der Waals surface area contributed by atoms with Gasteiger partial charge in [-0.1, -0.05) is 140 Å². The summed E-state index contributed by atoms with van der Waals surface area (Å²) in [6.45, 7) is 2.07. The summed E-state index contributed by atoms with van der Waals surface area (Å²) >= 11 is 0. The first-order chi connectivity index (χ1) is 21.3. The molecule has 0 aliphatic rings. The molecule has 202 valence electrons. The van der Waals surface area contributed by atoms with E-state index in [9.17, 15) is 0 Å². The number of aryl methyl sites for hydroxylation is 1. The summed E-state index contributed by atoms with van der Waals surface area (Å²) in [5.74, 6) is 0. The Balaban J connectivity index is 1.42. The van der Waals surface area contributed by atoms with Crippen LogP contribution >= 0.6 is 0 Å². The normalized spacial score (nSPS) is 11.4. The maximum Gasteiger partial charge on any atom is 0.0702 e. The van der Waals surface area contributed by atoms with Crippen molar-refractivity contribution in [2.24, 2.45) is 0 Å². The molecule has 0 aliphatic carbocycles. The van der Waals surface area contributed by atoms with E-state index in [1.807, 2.05) is 6.20 Å². The molecule has 0 fully saturated rings. The van der Waals surface area contributed by atoms with Crippen LogP contribution in [0, 0.1) is 6.92 Å². The highest BCUT2D eigenvalue weighted by molar-refractivity contribution is 6.24. The topological polar surface area (TPSA) is 12.9 Å². The standard InChI is InChI=1S/C42H29N/c1-28-24-25-40(43-27-28)30-14-9-15-31(26-30)41-36-16-5-7-18-38(36)42(39-19-8-6-17-37(39)41)35-23-11-21-33-32(20-10-22-34(33)35)29-12-3-2-4-13-29/h2-27H,1H3. The van der Waals surface area contributed by atoms with Gasteiger partial charge >= 0.3 is 0 Å². The Hall–Kier alpha value is -5.53. The molecule has 0 spiro atoms. The van der Waals surface area contributed by atoms with Gasteiger partial charge in [-0.2, -0.15) is 0 Å². The summed E-state index contributed by atoms with van der Waals surface area (Å²) in [5.41, 5.74) is 10.8. The van der Waals surface area contributed by atoms with Gasteiger partial charge in [-0.05, 0) is 90.3 Å². The summed E-state index contributed by atoms with van der Waals surface area (Å²) in [6.07, 6.45) is 1.94. The zero-order valence-corrected chi connectivity index (χ0v) is 24.0. The van der Waals surface area contributed by atoms with Crippen LogP contribution in [0.5, 0.6) is 0 Å². The molecule has 1 nitrogen and oxygen atoms in total. The lowest BCUT2D eigenvalue weighted by Crippen LogP contribution is -1.92. The lowest BCUT2D eigenvalue weighted by atomic mass is 9.84. The molecule has 7 aromatic carbocycles. The van der Waals surface area contributed by atoms with Crippen molar-refractivity contribution in [3.63, 3.8) is 0 Å². The minimum Gasteiger partial charge on any atom is -0.256 e. The van der Waals surface area contributed by atoms with Crippen molar-refractivity contribution in [2.45, 2.75) is 6.92 Å². The Morgan fingerprint density at radius 1 is 0.372 bits per heavy atom. The smallest absolute Gasteiger partial charge is 0.0702 e. The molecule has 0 aliphatic heterocycles. The fourth-order valence-electron chi connectivity index (χ4n) is 6.60. The van der Waals surface area contributed by atoms with Crippen LogP contribution in [0.1, 0.15) is 5.56 Å². The van der Waals surface area contributed by atoms with Gasteiger partial charge in [0, 0.05) is 11.8 Å². The van der Waals surface area contributed by atoms with Crippen molar-refractivity contribution >= 4 is 32.3 Å². The van der Waals surface area contributed by atoms with Crippen LogP contribution in [0.25, 0.3) is 77.0 Å². The molecular weight excluding hydrogens is 518 g/mol. The first-order valence-corrected chi connectivity index (χ1v) is 14.8. The molecule has 0 atom stereocenters. The highest BCUT2D eigenvalue weighted by Crippen LogP contribution is 2.46. The van der Waals surface area contributed by atoms with Crippen LogP contribution in [0.3, 0.4) is 0 Å². The van der Waals surface area contributed by atoms with E-state index in [4.69, 9.17) is 4.98 Å². The molecule has 0 saturated heterocycles. The molecule has 0 saturated carbocycles. The zero-order valence-electron chi connectivity index (χ0n) is 24.0. The van der Waals surface area contributed by atoms with Crippen molar-refractivity contribution in [1.82, 2.24) is 4.98 Å². The van der Waals surface area contributed by atoms with Crippen molar-refractivity contribution in [2.75, 3.05) is 0 Å². The molecule has 1 heterocycles. The number of pyridine rings is 1. The monoisotopic (exact) mass is 547 g/mol. The molecule has 0 radical (unpaired) electrons. The van der Waals surface area contributed by atoms with Crippen LogP contribution in [-0.2, 0) is 0 Å². The van der Waals surface area contributed by atoms with Crippen LogP contribution in [-0.4, -0.2) is 4.98 Å². The Kier molecular flexibility index (Phi) is 6.09. The molecule has 8 rings (SSSR count). The van der Waals surface area contributed by atoms with Gasteiger partial charge in [0.1, 0.15) is 0 Å². The molecule has 1 aromatic heterocycles. The van der Waals surface area contributed by atoms with Gasteiger partial charge in [-0.25, -0.2) is 0 Å². The number of benzene rings is 7. The molecule has 0 unspecified atom stereocenters. The lowest BCUT2D eigenvalue weighted by Gasteiger charge is -2.19. The molecule has 43 heavy (non-hydrogen) atoms. The highest BCUT2D eigenvalue weighted by Gasteiger charge is 2.18. The number of rotatable bonds is 4. The van der Waals surface area contributed by atoms with Gasteiger partial charge < -0.3 is 0 Å². The van der Waals surface area contributed by atoms with Crippen LogP contribution in [0.15, 0.2) is 158 Å².